The average molecular weight is 279 g/mol. The van der Waals surface area contributed by atoms with Crippen LogP contribution in [-0.2, 0) is 0 Å². The molecule has 2 fully saturated rings. The van der Waals surface area contributed by atoms with Crippen LogP contribution in [0.4, 0.5) is 0 Å². The molecular formula is C15H25N3S. The molecule has 3 atom stereocenters. The maximum Gasteiger partial charge on any atom is 0.0795 e. The van der Waals surface area contributed by atoms with Crippen LogP contribution in [0, 0.1) is 0 Å². The lowest BCUT2D eigenvalue weighted by atomic mass is 9.96. The van der Waals surface area contributed by atoms with Gasteiger partial charge in [-0.15, -0.1) is 11.3 Å². The third-order valence-electron chi connectivity index (χ3n) is 4.78. The Morgan fingerprint density at radius 1 is 1.42 bits per heavy atom. The van der Waals surface area contributed by atoms with Crippen LogP contribution in [-0.4, -0.2) is 34.6 Å². The van der Waals surface area contributed by atoms with Gasteiger partial charge in [0.05, 0.1) is 17.2 Å². The molecule has 4 heteroatoms. The van der Waals surface area contributed by atoms with Gasteiger partial charge in [-0.1, -0.05) is 6.92 Å². The maximum absolute atomic E-state index is 4.53. The van der Waals surface area contributed by atoms with Gasteiger partial charge in [0.25, 0.3) is 0 Å². The average Bonchev–Trinajstić information content (AvgIpc) is 3.05. The third-order valence-corrected chi connectivity index (χ3v) is 5.38. The second-order valence-electron chi connectivity index (χ2n) is 6.09. The maximum atomic E-state index is 4.53. The van der Waals surface area contributed by atoms with Crippen LogP contribution < -0.4 is 5.32 Å². The van der Waals surface area contributed by atoms with Crippen molar-refractivity contribution in [3.05, 3.63) is 16.6 Å². The van der Waals surface area contributed by atoms with E-state index < -0.39 is 0 Å². The molecule has 1 aromatic heterocycles. The second kappa shape index (κ2) is 5.90. The number of aromatic nitrogens is 1. The summed E-state index contributed by atoms with van der Waals surface area (Å²) in [4.78, 5) is 7.24. The molecule has 2 aliphatic heterocycles. The number of thiazole rings is 1. The largest absolute Gasteiger partial charge is 0.311 e. The number of rotatable bonds is 5. The fourth-order valence-electron chi connectivity index (χ4n) is 3.85. The van der Waals surface area contributed by atoms with Crippen molar-refractivity contribution in [3.63, 3.8) is 0 Å². The first-order chi connectivity index (χ1) is 9.28. The summed E-state index contributed by atoms with van der Waals surface area (Å²) in [5.74, 6) is 0. The zero-order valence-electron chi connectivity index (χ0n) is 12.0. The van der Waals surface area contributed by atoms with Crippen molar-refractivity contribution in [1.82, 2.24) is 15.2 Å². The summed E-state index contributed by atoms with van der Waals surface area (Å²) in [5, 5.41) is 5.96. The zero-order chi connectivity index (χ0) is 13.2. The molecule has 0 amide bonds. The normalized spacial score (nSPS) is 31.8. The number of hydrogen-bond acceptors (Lipinski definition) is 4. The van der Waals surface area contributed by atoms with Crippen LogP contribution in [0.3, 0.4) is 0 Å². The first-order valence-corrected chi connectivity index (χ1v) is 8.62. The third kappa shape index (κ3) is 2.86. The molecule has 0 aromatic carbocycles. The first-order valence-electron chi connectivity index (χ1n) is 7.67. The van der Waals surface area contributed by atoms with Crippen LogP contribution in [0.2, 0.25) is 0 Å². The molecule has 19 heavy (non-hydrogen) atoms. The van der Waals surface area contributed by atoms with Crippen molar-refractivity contribution in [3.8, 4) is 0 Å². The number of piperidine rings is 1. The van der Waals surface area contributed by atoms with E-state index in [1.807, 2.05) is 5.51 Å². The van der Waals surface area contributed by atoms with E-state index in [-0.39, 0.29) is 0 Å². The van der Waals surface area contributed by atoms with Gasteiger partial charge >= 0.3 is 0 Å². The van der Waals surface area contributed by atoms with E-state index in [9.17, 15) is 0 Å². The number of fused-ring (bicyclic) bond motifs is 2. The van der Waals surface area contributed by atoms with Gasteiger partial charge < -0.3 is 5.32 Å². The fourth-order valence-corrected chi connectivity index (χ4v) is 4.49. The highest BCUT2D eigenvalue weighted by molar-refractivity contribution is 7.07. The summed E-state index contributed by atoms with van der Waals surface area (Å²) in [5.41, 5.74) is 3.21. The SMILES string of the molecule is CCCN(C1CC2CCC(C1)N2)C(C)c1cscn1. The molecule has 0 aliphatic carbocycles. The highest BCUT2D eigenvalue weighted by Gasteiger charge is 2.37. The molecule has 3 nitrogen and oxygen atoms in total. The summed E-state index contributed by atoms with van der Waals surface area (Å²) in [6.07, 6.45) is 6.64. The Bertz CT molecular complexity index is 380. The van der Waals surface area contributed by atoms with Gasteiger partial charge in [-0.25, -0.2) is 4.98 Å². The van der Waals surface area contributed by atoms with Gasteiger partial charge in [0.2, 0.25) is 0 Å². The molecular weight excluding hydrogens is 254 g/mol. The lowest BCUT2D eigenvalue weighted by Crippen LogP contribution is -2.49. The Hall–Kier alpha value is -0.450. The standard InChI is InChI=1S/C15H25N3S/c1-3-6-18(11(2)15-9-19-10-16-15)14-7-12-4-5-13(8-14)17-12/h9-14,17H,3-8H2,1-2H3. The Balaban J connectivity index is 1.73. The molecule has 2 saturated heterocycles. The van der Waals surface area contributed by atoms with Crippen molar-refractivity contribution >= 4 is 11.3 Å². The smallest absolute Gasteiger partial charge is 0.0795 e. The lowest BCUT2D eigenvalue weighted by molar-refractivity contribution is 0.0994. The molecule has 0 radical (unpaired) electrons. The molecule has 1 N–H and O–H groups in total. The van der Waals surface area contributed by atoms with Gasteiger partial charge in [0.1, 0.15) is 0 Å². The number of nitrogens with zero attached hydrogens (tertiary/aromatic N) is 2. The Kier molecular flexibility index (Phi) is 4.20. The zero-order valence-corrected chi connectivity index (χ0v) is 12.8. The predicted octanol–water partition coefficient (Wildman–Crippen LogP) is 3.20. The van der Waals surface area contributed by atoms with Crippen molar-refractivity contribution in [2.75, 3.05) is 6.54 Å². The summed E-state index contributed by atoms with van der Waals surface area (Å²) in [7, 11) is 0. The van der Waals surface area contributed by atoms with Crippen LogP contribution in [0.25, 0.3) is 0 Å². The van der Waals surface area contributed by atoms with Gasteiger partial charge in [-0.2, -0.15) is 0 Å². The van der Waals surface area contributed by atoms with E-state index in [1.54, 1.807) is 11.3 Å². The summed E-state index contributed by atoms with van der Waals surface area (Å²) in [6, 6.07) is 2.75. The van der Waals surface area contributed by atoms with E-state index in [2.05, 4.69) is 34.4 Å². The summed E-state index contributed by atoms with van der Waals surface area (Å²) >= 11 is 1.71. The molecule has 3 rings (SSSR count). The van der Waals surface area contributed by atoms with E-state index in [1.165, 1.54) is 44.3 Å². The van der Waals surface area contributed by atoms with Crippen molar-refractivity contribution in [2.24, 2.45) is 0 Å². The van der Waals surface area contributed by atoms with E-state index in [0.717, 1.165) is 18.1 Å². The Morgan fingerprint density at radius 3 is 2.74 bits per heavy atom. The minimum atomic E-state index is 0.466. The Morgan fingerprint density at radius 2 is 2.16 bits per heavy atom. The van der Waals surface area contributed by atoms with Crippen LogP contribution >= 0.6 is 11.3 Å². The second-order valence-corrected chi connectivity index (χ2v) is 6.81. The van der Waals surface area contributed by atoms with Crippen LogP contribution in [0.5, 0.6) is 0 Å². The summed E-state index contributed by atoms with van der Waals surface area (Å²) < 4.78 is 0. The monoisotopic (exact) mass is 279 g/mol. The topological polar surface area (TPSA) is 28.2 Å². The molecule has 0 spiro atoms. The molecule has 0 saturated carbocycles. The summed E-state index contributed by atoms with van der Waals surface area (Å²) in [6.45, 7) is 5.81. The molecule has 3 heterocycles. The minimum Gasteiger partial charge on any atom is -0.311 e. The highest BCUT2D eigenvalue weighted by Crippen LogP contribution is 2.33. The molecule has 1 aromatic rings. The van der Waals surface area contributed by atoms with E-state index in [4.69, 9.17) is 0 Å². The molecule has 2 bridgehead atoms. The molecule has 2 aliphatic rings. The van der Waals surface area contributed by atoms with Crippen molar-refractivity contribution in [2.45, 2.75) is 70.1 Å². The highest BCUT2D eigenvalue weighted by atomic mass is 32.1. The van der Waals surface area contributed by atoms with Crippen LogP contribution in [0.15, 0.2) is 10.9 Å². The molecule has 3 unspecified atom stereocenters. The van der Waals surface area contributed by atoms with Crippen molar-refractivity contribution in [1.29, 1.82) is 0 Å². The minimum absolute atomic E-state index is 0.466. The number of hydrogen-bond donors (Lipinski definition) is 1. The molecule has 106 valence electrons. The lowest BCUT2D eigenvalue weighted by Gasteiger charge is -2.40. The van der Waals surface area contributed by atoms with Gasteiger partial charge in [0.15, 0.2) is 0 Å². The van der Waals surface area contributed by atoms with Gasteiger partial charge in [-0.05, 0) is 45.6 Å². The Labute approximate surface area is 120 Å². The fraction of sp³-hybridized carbons (Fsp3) is 0.800. The van der Waals surface area contributed by atoms with Crippen molar-refractivity contribution < 1.29 is 0 Å². The number of nitrogens with one attached hydrogen (secondary N) is 1. The van der Waals surface area contributed by atoms with E-state index >= 15 is 0 Å². The quantitative estimate of drug-likeness (QED) is 0.897. The van der Waals surface area contributed by atoms with Gasteiger partial charge in [0, 0.05) is 23.5 Å². The van der Waals surface area contributed by atoms with Gasteiger partial charge in [-0.3, -0.25) is 4.90 Å². The van der Waals surface area contributed by atoms with E-state index in [0.29, 0.717) is 6.04 Å². The van der Waals surface area contributed by atoms with Crippen LogP contribution in [0.1, 0.15) is 57.7 Å². The predicted molar refractivity (Wildman–Crippen MR) is 80.5 cm³/mol. The first kappa shape index (κ1) is 13.5.